The van der Waals surface area contributed by atoms with Gasteiger partial charge in [0.1, 0.15) is 0 Å². The Morgan fingerprint density at radius 2 is 2.05 bits per heavy atom. The van der Waals surface area contributed by atoms with Crippen LogP contribution in [0.3, 0.4) is 0 Å². The maximum absolute atomic E-state index is 12.2. The molecule has 0 unspecified atom stereocenters. The molecule has 0 spiro atoms. The first-order chi connectivity index (χ1) is 10.5. The number of carbonyl (C=O) groups excluding carboxylic acids is 1. The van der Waals surface area contributed by atoms with E-state index >= 15 is 0 Å². The zero-order chi connectivity index (χ0) is 15.7. The Morgan fingerprint density at radius 1 is 1.27 bits per heavy atom. The third kappa shape index (κ3) is 2.99. The first-order valence-electron chi connectivity index (χ1n) is 6.43. The van der Waals surface area contributed by atoms with E-state index in [1.807, 2.05) is 0 Å². The van der Waals surface area contributed by atoms with Crippen molar-refractivity contribution in [3.05, 3.63) is 40.1 Å². The summed E-state index contributed by atoms with van der Waals surface area (Å²) in [5.74, 6) is 1.10. The predicted octanol–water partition coefficient (Wildman–Crippen LogP) is 2.16. The summed E-state index contributed by atoms with van der Waals surface area (Å²) < 4.78 is 37.4. The molecule has 2 aromatic rings. The number of carbonyl (C=O) groups is 1. The van der Waals surface area contributed by atoms with Crippen LogP contribution in [0.2, 0.25) is 0 Å². The Labute approximate surface area is 131 Å². The highest BCUT2D eigenvalue weighted by Crippen LogP contribution is 2.32. The van der Waals surface area contributed by atoms with Gasteiger partial charge in [0.05, 0.1) is 9.77 Å². The molecule has 1 aliphatic heterocycles. The van der Waals surface area contributed by atoms with Crippen molar-refractivity contribution in [2.45, 2.75) is 18.4 Å². The summed E-state index contributed by atoms with van der Waals surface area (Å²) in [4.78, 5) is 11.8. The van der Waals surface area contributed by atoms with Gasteiger partial charge in [-0.05, 0) is 30.7 Å². The number of benzene rings is 1. The van der Waals surface area contributed by atoms with E-state index in [9.17, 15) is 13.2 Å². The van der Waals surface area contributed by atoms with Gasteiger partial charge >= 0.3 is 0 Å². The fourth-order valence-corrected chi connectivity index (χ4v) is 4.15. The van der Waals surface area contributed by atoms with Gasteiger partial charge in [0.2, 0.25) is 16.8 Å². The van der Waals surface area contributed by atoms with E-state index in [2.05, 4.69) is 4.72 Å². The molecule has 116 valence electrons. The third-order valence-corrected chi connectivity index (χ3v) is 5.70. The molecular formula is C14H13NO5S2. The van der Waals surface area contributed by atoms with Crippen molar-refractivity contribution in [2.24, 2.45) is 0 Å². The molecule has 8 heteroatoms. The van der Waals surface area contributed by atoms with E-state index in [-0.39, 0.29) is 24.0 Å². The lowest BCUT2D eigenvalue weighted by Gasteiger charge is -2.06. The van der Waals surface area contributed by atoms with E-state index in [1.165, 1.54) is 18.4 Å². The summed E-state index contributed by atoms with van der Waals surface area (Å²) in [7, 11) is -3.65. The highest BCUT2D eigenvalue weighted by Gasteiger charge is 2.18. The molecule has 0 aliphatic carbocycles. The van der Waals surface area contributed by atoms with Gasteiger partial charge in [-0.3, -0.25) is 4.79 Å². The van der Waals surface area contributed by atoms with Crippen molar-refractivity contribution in [3.63, 3.8) is 0 Å². The number of rotatable bonds is 5. The molecule has 0 bridgehead atoms. The van der Waals surface area contributed by atoms with E-state index in [1.54, 1.807) is 18.2 Å². The second kappa shape index (κ2) is 5.71. The number of hydrogen-bond donors (Lipinski definition) is 1. The van der Waals surface area contributed by atoms with Gasteiger partial charge in [0.15, 0.2) is 17.3 Å². The molecule has 0 fully saturated rings. The Balaban J connectivity index is 1.73. The summed E-state index contributed by atoms with van der Waals surface area (Å²) >= 11 is 1.12. The monoisotopic (exact) mass is 339 g/mol. The standard InChI is InChI=1S/C14H13NO5S2/c1-9(16)14-5-11(7-21-14)22(17,18)15-6-10-2-3-12-13(4-10)20-8-19-12/h2-5,7,15H,6,8H2,1H3. The minimum Gasteiger partial charge on any atom is -0.454 e. The number of ether oxygens (including phenoxy) is 2. The molecule has 0 saturated heterocycles. The average molecular weight is 339 g/mol. The summed E-state index contributed by atoms with van der Waals surface area (Å²) in [5.41, 5.74) is 0.759. The maximum Gasteiger partial charge on any atom is 0.241 e. The van der Waals surface area contributed by atoms with Crippen LogP contribution in [0, 0.1) is 0 Å². The summed E-state index contributed by atoms with van der Waals surface area (Å²) in [6.07, 6.45) is 0. The van der Waals surface area contributed by atoms with E-state index in [4.69, 9.17) is 9.47 Å². The first-order valence-corrected chi connectivity index (χ1v) is 8.80. The van der Waals surface area contributed by atoms with Crippen molar-refractivity contribution >= 4 is 27.1 Å². The van der Waals surface area contributed by atoms with Crippen LogP contribution in [-0.4, -0.2) is 21.0 Å². The number of Topliss-reactive ketones (excluding diaryl/α,β-unsaturated/α-hetero) is 1. The van der Waals surface area contributed by atoms with Crippen LogP contribution in [0.1, 0.15) is 22.2 Å². The number of nitrogens with one attached hydrogen (secondary N) is 1. The average Bonchev–Trinajstić information content (AvgIpc) is 3.13. The van der Waals surface area contributed by atoms with Gasteiger partial charge in [0, 0.05) is 11.9 Å². The number of thiophene rings is 1. The highest BCUT2D eigenvalue weighted by molar-refractivity contribution is 7.89. The second-order valence-electron chi connectivity index (χ2n) is 4.72. The Bertz CT molecular complexity index is 826. The Kier molecular flexibility index (Phi) is 3.90. The molecule has 1 N–H and O–H groups in total. The molecule has 3 rings (SSSR count). The van der Waals surface area contributed by atoms with Gasteiger partial charge < -0.3 is 9.47 Å². The van der Waals surface area contributed by atoms with Crippen molar-refractivity contribution < 1.29 is 22.7 Å². The van der Waals surface area contributed by atoms with Crippen molar-refractivity contribution in [3.8, 4) is 11.5 Å². The van der Waals surface area contributed by atoms with E-state index in [0.717, 1.165) is 16.9 Å². The van der Waals surface area contributed by atoms with Gasteiger partial charge in [0.25, 0.3) is 0 Å². The largest absolute Gasteiger partial charge is 0.454 e. The Hall–Kier alpha value is -1.90. The summed E-state index contributed by atoms with van der Waals surface area (Å²) in [6.45, 7) is 1.71. The van der Waals surface area contributed by atoms with Crippen molar-refractivity contribution in [2.75, 3.05) is 6.79 Å². The molecule has 6 nitrogen and oxygen atoms in total. The lowest BCUT2D eigenvalue weighted by atomic mass is 10.2. The van der Waals surface area contributed by atoms with E-state index < -0.39 is 10.0 Å². The number of sulfonamides is 1. The first kappa shape index (κ1) is 15.0. The Morgan fingerprint density at radius 3 is 2.77 bits per heavy atom. The highest BCUT2D eigenvalue weighted by atomic mass is 32.2. The lowest BCUT2D eigenvalue weighted by molar-refractivity contribution is 0.102. The fourth-order valence-electron chi connectivity index (χ4n) is 1.96. The maximum atomic E-state index is 12.2. The molecule has 1 aromatic heterocycles. The SMILES string of the molecule is CC(=O)c1cc(S(=O)(=O)NCc2ccc3c(c2)OCO3)cs1. The smallest absolute Gasteiger partial charge is 0.241 e. The number of ketones is 1. The van der Waals surface area contributed by atoms with Crippen LogP contribution >= 0.6 is 11.3 Å². The van der Waals surface area contributed by atoms with Gasteiger partial charge in [-0.1, -0.05) is 6.07 Å². The van der Waals surface area contributed by atoms with Crippen LogP contribution in [0.5, 0.6) is 11.5 Å². The van der Waals surface area contributed by atoms with Crippen molar-refractivity contribution in [1.82, 2.24) is 4.72 Å². The van der Waals surface area contributed by atoms with Crippen molar-refractivity contribution in [1.29, 1.82) is 0 Å². The lowest BCUT2D eigenvalue weighted by Crippen LogP contribution is -2.22. The second-order valence-corrected chi connectivity index (χ2v) is 7.39. The van der Waals surface area contributed by atoms with Crippen LogP contribution in [0.15, 0.2) is 34.5 Å². The van der Waals surface area contributed by atoms with Gasteiger partial charge in [-0.25, -0.2) is 13.1 Å². The molecule has 1 aromatic carbocycles. The minimum atomic E-state index is -3.65. The predicted molar refractivity (Wildman–Crippen MR) is 80.9 cm³/mol. The normalized spacial score (nSPS) is 13.3. The number of hydrogen-bond acceptors (Lipinski definition) is 6. The quantitative estimate of drug-likeness (QED) is 0.844. The van der Waals surface area contributed by atoms with Crippen LogP contribution in [-0.2, 0) is 16.6 Å². The topological polar surface area (TPSA) is 81.7 Å². The molecule has 0 atom stereocenters. The molecule has 1 aliphatic rings. The molecule has 0 amide bonds. The molecular weight excluding hydrogens is 326 g/mol. The molecule has 2 heterocycles. The third-order valence-electron chi connectivity index (χ3n) is 3.14. The van der Waals surface area contributed by atoms with Gasteiger partial charge in [-0.2, -0.15) is 0 Å². The molecule has 22 heavy (non-hydrogen) atoms. The molecule has 0 radical (unpaired) electrons. The van der Waals surface area contributed by atoms with Crippen LogP contribution in [0.4, 0.5) is 0 Å². The zero-order valence-corrected chi connectivity index (χ0v) is 13.3. The minimum absolute atomic E-state index is 0.100. The van der Waals surface area contributed by atoms with Crippen LogP contribution in [0.25, 0.3) is 0 Å². The van der Waals surface area contributed by atoms with Gasteiger partial charge in [-0.15, -0.1) is 11.3 Å². The number of fused-ring (bicyclic) bond motifs is 1. The van der Waals surface area contributed by atoms with Crippen LogP contribution < -0.4 is 14.2 Å². The fraction of sp³-hybridized carbons (Fsp3) is 0.214. The summed E-state index contributed by atoms with van der Waals surface area (Å²) in [5, 5.41) is 1.46. The zero-order valence-electron chi connectivity index (χ0n) is 11.7. The molecule has 0 saturated carbocycles. The summed E-state index contributed by atoms with van der Waals surface area (Å²) in [6, 6.07) is 6.63. The van der Waals surface area contributed by atoms with E-state index in [0.29, 0.717) is 16.4 Å².